The molecular formula is C17H18N2O4S. The molecule has 1 fully saturated rings. The molecule has 0 spiro atoms. The number of pyridine rings is 1. The maximum Gasteiger partial charge on any atom is 0.337 e. The Balaban J connectivity index is 1.87. The van der Waals surface area contributed by atoms with Gasteiger partial charge in [0.1, 0.15) is 0 Å². The van der Waals surface area contributed by atoms with Gasteiger partial charge in [0, 0.05) is 18.9 Å². The molecule has 1 saturated heterocycles. The first kappa shape index (κ1) is 16.6. The molecular weight excluding hydrogens is 328 g/mol. The van der Waals surface area contributed by atoms with Crippen LogP contribution in [0.1, 0.15) is 40.4 Å². The number of hydrogen-bond donors (Lipinski definition) is 1. The number of hydrogen-bond acceptors (Lipinski definition) is 4. The lowest BCUT2D eigenvalue weighted by molar-refractivity contribution is 0.0696. The van der Waals surface area contributed by atoms with Crippen LogP contribution in [0.2, 0.25) is 0 Å². The first-order chi connectivity index (χ1) is 11.5. The number of benzene rings is 1. The Kier molecular flexibility index (Phi) is 4.64. The number of nitrogens with zero attached hydrogens (tertiary/aromatic N) is 2. The highest BCUT2D eigenvalue weighted by Gasteiger charge is 2.35. The number of rotatable bonds is 5. The van der Waals surface area contributed by atoms with Crippen molar-refractivity contribution in [3.05, 3.63) is 65.5 Å². The quantitative estimate of drug-likeness (QED) is 0.898. The molecule has 1 unspecified atom stereocenters. The number of carboxylic acid groups (broad SMARTS) is 1. The zero-order valence-electron chi connectivity index (χ0n) is 13.0. The van der Waals surface area contributed by atoms with Crippen LogP contribution in [0.3, 0.4) is 0 Å². The molecule has 1 aliphatic rings. The minimum absolute atomic E-state index is 0.0591. The van der Waals surface area contributed by atoms with Crippen LogP contribution in [-0.4, -0.2) is 35.3 Å². The van der Waals surface area contributed by atoms with Crippen LogP contribution in [-0.2, 0) is 15.8 Å². The summed E-state index contributed by atoms with van der Waals surface area (Å²) in [7, 11) is -3.49. The molecule has 1 atom stereocenters. The molecule has 2 aromatic rings. The van der Waals surface area contributed by atoms with Gasteiger partial charge in [-0.1, -0.05) is 30.3 Å². The average molecular weight is 346 g/mol. The Morgan fingerprint density at radius 3 is 2.71 bits per heavy atom. The minimum atomic E-state index is -3.49. The summed E-state index contributed by atoms with van der Waals surface area (Å²) in [5.41, 5.74) is 1.43. The van der Waals surface area contributed by atoms with E-state index in [4.69, 9.17) is 5.11 Å². The highest BCUT2D eigenvalue weighted by Crippen LogP contribution is 2.35. The largest absolute Gasteiger partial charge is 0.478 e. The minimum Gasteiger partial charge on any atom is -0.478 e. The van der Waals surface area contributed by atoms with Crippen LogP contribution in [0.4, 0.5) is 0 Å². The number of sulfonamides is 1. The smallest absolute Gasteiger partial charge is 0.337 e. The SMILES string of the molecule is O=C(O)c1cncc(C2CCCN2S(=O)(=O)Cc2ccccc2)c1. The Hall–Kier alpha value is -2.25. The van der Waals surface area contributed by atoms with Crippen molar-refractivity contribution in [3.8, 4) is 0 Å². The van der Waals surface area contributed by atoms with E-state index >= 15 is 0 Å². The molecule has 0 aliphatic carbocycles. The Morgan fingerprint density at radius 2 is 2.00 bits per heavy atom. The lowest BCUT2D eigenvalue weighted by Crippen LogP contribution is -2.31. The van der Waals surface area contributed by atoms with Crippen molar-refractivity contribution in [2.45, 2.75) is 24.6 Å². The molecule has 0 radical (unpaired) electrons. The Bertz CT molecular complexity index is 837. The van der Waals surface area contributed by atoms with Crippen molar-refractivity contribution in [2.24, 2.45) is 0 Å². The molecule has 1 N–H and O–H groups in total. The molecule has 0 amide bonds. The normalized spacial score (nSPS) is 18.6. The predicted octanol–water partition coefficient (Wildman–Crippen LogP) is 2.45. The van der Waals surface area contributed by atoms with Gasteiger partial charge in [-0.15, -0.1) is 0 Å². The van der Waals surface area contributed by atoms with Crippen LogP contribution < -0.4 is 0 Å². The second-order valence-electron chi connectivity index (χ2n) is 5.82. The molecule has 126 valence electrons. The lowest BCUT2D eigenvalue weighted by Gasteiger charge is -2.24. The van der Waals surface area contributed by atoms with E-state index in [0.29, 0.717) is 18.5 Å². The fourth-order valence-electron chi connectivity index (χ4n) is 3.03. The van der Waals surface area contributed by atoms with Gasteiger partial charge < -0.3 is 5.11 Å². The van der Waals surface area contributed by atoms with E-state index in [0.717, 1.165) is 12.0 Å². The summed E-state index contributed by atoms with van der Waals surface area (Å²) in [5.74, 6) is -1.13. The van der Waals surface area contributed by atoms with Gasteiger partial charge in [-0.05, 0) is 30.0 Å². The van der Waals surface area contributed by atoms with Gasteiger partial charge >= 0.3 is 5.97 Å². The maximum absolute atomic E-state index is 12.8. The van der Waals surface area contributed by atoms with E-state index in [1.807, 2.05) is 18.2 Å². The Morgan fingerprint density at radius 1 is 1.25 bits per heavy atom. The maximum atomic E-state index is 12.8. The third-order valence-electron chi connectivity index (χ3n) is 4.14. The molecule has 1 aromatic carbocycles. The van der Waals surface area contributed by atoms with E-state index in [1.54, 1.807) is 18.3 Å². The summed E-state index contributed by atoms with van der Waals surface area (Å²) in [4.78, 5) is 15.1. The zero-order chi connectivity index (χ0) is 17.2. The molecule has 3 rings (SSSR count). The summed E-state index contributed by atoms with van der Waals surface area (Å²) in [6, 6.07) is 10.2. The molecule has 0 bridgehead atoms. The highest BCUT2D eigenvalue weighted by atomic mass is 32.2. The molecule has 1 aliphatic heterocycles. The summed E-state index contributed by atoms with van der Waals surface area (Å²) in [5, 5.41) is 9.10. The monoisotopic (exact) mass is 346 g/mol. The highest BCUT2D eigenvalue weighted by molar-refractivity contribution is 7.88. The Labute approximate surface area is 140 Å². The molecule has 7 heteroatoms. The van der Waals surface area contributed by atoms with Gasteiger partial charge in [0.25, 0.3) is 0 Å². The topological polar surface area (TPSA) is 87.6 Å². The fourth-order valence-corrected chi connectivity index (χ4v) is 4.83. The van der Waals surface area contributed by atoms with Crippen molar-refractivity contribution < 1.29 is 18.3 Å². The van der Waals surface area contributed by atoms with Crippen molar-refractivity contribution >= 4 is 16.0 Å². The van der Waals surface area contributed by atoms with Gasteiger partial charge in [-0.25, -0.2) is 13.2 Å². The molecule has 0 saturated carbocycles. The van der Waals surface area contributed by atoms with Crippen molar-refractivity contribution in [1.82, 2.24) is 9.29 Å². The van der Waals surface area contributed by atoms with Crippen molar-refractivity contribution in [3.63, 3.8) is 0 Å². The number of carboxylic acids is 1. The summed E-state index contributed by atoms with van der Waals surface area (Å²) >= 11 is 0. The van der Waals surface area contributed by atoms with E-state index in [-0.39, 0.29) is 17.4 Å². The van der Waals surface area contributed by atoms with E-state index < -0.39 is 16.0 Å². The standard InChI is InChI=1S/C17H18N2O4S/c20-17(21)15-9-14(10-18-11-15)16-7-4-8-19(16)24(22,23)12-13-5-2-1-3-6-13/h1-3,5-6,9-11,16H,4,7-8,12H2,(H,20,21). The van der Waals surface area contributed by atoms with Crippen LogP contribution >= 0.6 is 0 Å². The van der Waals surface area contributed by atoms with Gasteiger partial charge in [-0.2, -0.15) is 4.31 Å². The van der Waals surface area contributed by atoms with Gasteiger partial charge in [0.15, 0.2) is 0 Å². The molecule has 2 heterocycles. The van der Waals surface area contributed by atoms with Gasteiger partial charge in [0.2, 0.25) is 10.0 Å². The van der Waals surface area contributed by atoms with E-state index in [1.165, 1.54) is 16.6 Å². The molecule has 1 aromatic heterocycles. The van der Waals surface area contributed by atoms with Crippen molar-refractivity contribution in [1.29, 1.82) is 0 Å². The molecule has 6 nitrogen and oxygen atoms in total. The number of aromatic nitrogens is 1. The number of carbonyl (C=O) groups is 1. The first-order valence-electron chi connectivity index (χ1n) is 7.69. The summed E-state index contributed by atoms with van der Waals surface area (Å²) < 4.78 is 27.1. The summed E-state index contributed by atoms with van der Waals surface area (Å²) in [6.45, 7) is 0.442. The van der Waals surface area contributed by atoms with E-state index in [2.05, 4.69) is 4.98 Å². The van der Waals surface area contributed by atoms with Crippen LogP contribution in [0.25, 0.3) is 0 Å². The third-order valence-corrected chi connectivity index (χ3v) is 5.99. The zero-order valence-corrected chi connectivity index (χ0v) is 13.8. The van der Waals surface area contributed by atoms with Crippen molar-refractivity contribution in [2.75, 3.05) is 6.54 Å². The van der Waals surface area contributed by atoms with Crippen LogP contribution in [0, 0.1) is 0 Å². The average Bonchev–Trinajstić information content (AvgIpc) is 3.06. The number of aromatic carboxylic acids is 1. The van der Waals surface area contributed by atoms with Crippen LogP contribution in [0.5, 0.6) is 0 Å². The second kappa shape index (κ2) is 6.70. The summed E-state index contributed by atoms with van der Waals surface area (Å²) in [6.07, 6.45) is 4.23. The predicted molar refractivity (Wildman–Crippen MR) is 88.9 cm³/mol. The first-order valence-corrected chi connectivity index (χ1v) is 9.30. The van der Waals surface area contributed by atoms with Gasteiger partial charge in [-0.3, -0.25) is 4.98 Å². The van der Waals surface area contributed by atoms with E-state index in [9.17, 15) is 13.2 Å². The lowest BCUT2D eigenvalue weighted by atomic mass is 10.1. The van der Waals surface area contributed by atoms with Crippen LogP contribution in [0.15, 0.2) is 48.8 Å². The van der Waals surface area contributed by atoms with Gasteiger partial charge in [0.05, 0.1) is 17.4 Å². The molecule has 24 heavy (non-hydrogen) atoms. The third kappa shape index (κ3) is 3.47. The second-order valence-corrected chi connectivity index (χ2v) is 7.74. The fraction of sp³-hybridized carbons (Fsp3) is 0.294.